The van der Waals surface area contributed by atoms with E-state index < -0.39 is 4.92 Å². The summed E-state index contributed by atoms with van der Waals surface area (Å²) in [5.41, 5.74) is 0.289. The van der Waals surface area contributed by atoms with Crippen LogP contribution in [0.15, 0.2) is 54.6 Å². The molecule has 0 saturated heterocycles. The molecule has 1 unspecified atom stereocenters. The Kier molecular flexibility index (Phi) is 6.45. The SMILES string of the molecule is CC(COc1ccccc1)NCCC(=O)c1cccc([N+](=O)[O-])c1. The predicted octanol–water partition coefficient (Wildman–Crippen LogP) is 3.22. The van der Waals surface area contributed by atoms with Crippen molar-refractivity contribution in [1.29, 1.82) is 0 Å². The van der Waals surface area contributed by atoms with E-state index in [0.29, 0.717) is 18.7 Å². The first-order valence-corrected chi connectivity index (χ1v) is 7.75. The largest absolute Gasteiger partial charge is 0.492 e. The predicted molar refractivity (Wildman–Crippen MR) is 91.4 cm³/mol. The van der Waals surface area contributed by atoms with Gasteiger partial charge in [0.25, 0.3) is 5.69 Å². The summed E-state index contributed by atoms with van der Waals surface area (Å²) in [5, 5.41) is 13.9. The van der Waals surface area contributed by atoms with Crippen LogP contribution in [0.25, 0.3) is 0 Å². The zero-order chi connectivity index (χ0) is 17.4. The third-order valence-corrected chi connectivity index (χ3v) is 3.47. The zero-order valence-electron chi connectivity index (χ0n) is 13.5. The lowest BCUT2D eigenvalue weighted by Gasteiger charge is -2.14. The number of hydrogen-bond donors (Lipinski definition) is 1. The number of ketones is 1. The van der Waals surface area contributed by atoms with Crippen molar-refractivity contribution in [2.75, 3.05) is 13.2 Å². The molecule has 0 radical (unpaired) electrons. The first-order chi connectivity index (χ1) is 11.6. The summed E-state index contributed by atoms with van der Waals surface area (Å²) in [5.74, 6) is 0.682. The van der Waals surface area contributed by atoms with Crippen LogP contribution in [-0.4, -0.2) is 29.9 Å². The standard InChI is InChI=1S/C18H20N2O4/c1-14(13-24-17-8-3-2-4-9-17)19-11-10-18(21)15-6-5-7-16(12-15)20(22)23/h2-9,12,14,19H,10-11,13H2,1H3. The van der Waals surface area contributed by atoms with Crippen LogP contribution in [0.4, 0.5) is 5.69 Å². The molecule has 0 heterocycles. The molecular formula is C18H20N2O4. The van der Waals surface area contributed by atoms with Crippen molar-refractivity contribution in [1.82, 2.24) is 5.32 Å². The molecule has 6 heteroatoms. The summed E-state index contributed by atoms with van der Waals surface area (Å²) >= 11 is 0. The molecule has 0 saturated carbocycles. The number of nitrogens with zero attached hydrogens (tertiary/aromatic N) is 1. The molecule has 0 aliphatic carbocycles. The van der Waals surface area contributed by atoms with Gasteiger partial charge in [-0.2, -0.15) is 0 Å². The third kappa shape index (κ3) is 5.48. The van der Waals surface area contributed by atoms with E-state index in [9.17, 15) is 14.9 Å². The summed E-state index contributed by atoms with van der Waals surface area (Å²) in [6.07, 6.45) is 0.275. The topological polar surface area (TPSA) is 81.5 Å². The molecule has 126 valence electrons. The number of nitro groups is 1. The number of para-hydroxylation sites is 1. The monoisotopic (exact) mass is 328 g/mol. The van der Waals surface area contributed by atoms with Crippen molar-refractivity contribution in [3.8, 4) is 5.75 Å². The molecule has 2 aromatic carbocycles. The fourth-order valence-electron chi connectivity index (χ4n) is 2.17. The Bertz CT molecular complexity index is 688. The van der Waals surface area contributed by atoms with Gasteiger partial charge in [0.05, 0.1) is 4.92 Å². The second-order valence-electron chi connectivity index (χ2n) is 5.46. The Morgan fingerprint density at radius 2 is 1.96 bits per heavy atom. The average molecular weight is 328 g/mol. The van der Waals surface area contributed by atoms with E-state index >= 15 is 0 Å². The van der Waals surface area contributed by atoms with Gasteiger partial charge in [-0.25, -0.2) is 0 Å². The van der Waals surface area contributed by atoms with E-state index in [1.807, 2.05) is 37.3 Å². The number of benzene rings is 2. The molecule has 2 aromatic rings. The second-order valence-corrected chi connectivity index (χ2v) is 5.46. The molecule has 1 atom stereocenters. The Balaban J connectivity index is 1.74. The van der Waals surface area contributed by atoms with Gasteiger partial charge in [-0.05, 0) is 19.1 Å². The summed E-state index contributed by atoms with van der Waals surface area (Å²) in [4.78, 5) is 22.3. The maximum absolute atomic E-state index is 12.1. The first-order valence-electron chi connectivity index (χ1n) is 7.75. The molecular weight excluding hydrogens is 308 g/mol. The minimum absolute atomic E-state index is 0.0709. The van der Waals surface area contributed by atoms with Gasteiger partial charge >= 0.3 is 0 Å². The molecule has 6 nitrogen and oxygen atoms in total. The number of carbonyl (C=O) groups is 1. The van der Waals surface area contributed by atoms with Crippen molar-refractivity contribution in [3.63, 3.8) is 0 Å². The molecule has 0 aliphatic rings. The van der Waals surface area contributed by atoms with E-state index in [4.69, 9.17) is 4.74 Å². The van der Waals surface area contributed by atoms with Gasteiger partial charge in [-0.15, -0.1) is 0 Å². The Hall–Kier alpha value is -2.73. The number of non-ortho nitro benzene ring substituents is 1. The molecule has 0 spiro atoms. The van der Waals surface area contributed by atoms with Crippen LogP contribution in [0.3, 0.4) is 0 Å². The lowest BCUT2D eigenvalue weighted by Crippen LogP contribution is -2.33. The molecule has 24 heavy (non-hydrogen) atoms. The van der Waals surface area contributed by atoms with E-state index in [-0.39, 0.29) is 23.9 Å². The maximum atomic E-state index is 12.1. The van der Waals surface area contributed by atoms with Gasteiger partial charge < -0.3 is 10.1 Å². The molecule has 1 N–H and O–H groups in total. The Morgan fingerprint density at radius 3 is 2.67 bits per heavy atom. The van der Waals surface area contributed by atoms with Crippen LogP contribution < -0.4 is 10.1 Å². The highest BCUT2D eigenvalue weighted by Gasteiger charge is 2.12. The van der Waals surface area contributed by atoms with Gasteiger partial charge in [-0.3, -0.25) is 14.9 Å². The molecule has 0 fully saturated rings. The number of nitrogens with one attached hydrogen (secondary N) is 1. The number of ether oxygens (including phenoxy) is 1. The highest BCUT2D eigenvalue weighted by atomic mass is 16.6. The van der Waals surface area contributed by atoms with Gasteiger partial charge in [0, 0.05) is 36.7 Å². The first kappa shape index (κ1) is 17.6. The summed E-state index contributed by atoms with van der Waals surface area (Å²) < 4.78 is 5.63. The van der Waals surface area contributed by atoms with E-state index in [1.54, 1.807) is 6.07 Å². The smallest absolute Gasteiger partial charge is 0.270 e. The molecule has 2 rings (SSSR count). The van der Waals surface area contributed by atoms with Crippen molar-refractivity contribution in [2.24, 2.45) is 0 Å². The van der Waals surface area contributed by atoms with Gasteiger partial charge in [-0.1, -0.05) is 30.3 Å². The van der Waals surface area contributed by atoms with Gasteiger partial charge in [0.2, 0.25) is 0 Å². The molecule has 0 aliphatic heterocycles. The van der Waals surface area contributed by atoms with Crippen LogP contribution in [-0.2, 0) is 0 Å². The van der Waals surface area contributed by atoms with Gasteiger partial charge in [0.15, 0.2) is 5.78 Å². The van der Waals surface area contributed by atoms with E-state index in [0.717, 1.165) is 5.75 Å². The quantitative estimate of drug-likeness (QED) is 0.434. The summed E-state index contributed by atoms with van der Waals surface area (Å²) in [6.45, 7) is 2.95. The summed E-state index contributed by atoms with van der Waals surface area (Å²) in [6, 6.07) is 15.4. The van der Waals surface area contributed by atoms with Crippen LogP contribution in [0.1, 0.15) is 23.7 Å². The van der Waals surface area contributed by atoms with Crippen LogP contribution >= 0.6 is 0 Å². The fourth-order valence-corrected chi connectivity index (χ4v) is 2.17. The van der Waals surface area contributed by atoms with Crippen molar-refractivity contribution >= 4 is 11.5 Å². The Morgan fingerprint density at radius 1 is 1.21 bits per heavy atom. The van der Waals surface area contributed by atoms with E-state index in [2.05, 4.69) is 5.32 Å². The van der Waals surface area contributed by atoms with Crippen molar-refractivity contribution < 1.29 is 14.5 Å². The second kappa shape index (κ2) is 8.79. The lowest BCUT2D eigenvalue weighted by atomic mass is 10.1. The molecule has 0 aromatic heterocycles. The Labute approximate surface area is 140 Å². The number of carbonyl (C=O) groups excluding carboxylic acids is 1. The number of rotatable bonds is 9. The highest BCUT2D eigenvalue weighted by molar-refractivity contribution is 5.96. The average Bonchev–Trinajstić information content (AvgIpc) is 2.61. The zero-order valence-corrected chi connectivity index (χ0v) is 13.5. The van der Waals surface area contributed by atoms with Crippen LogP contribution in [0.2, 0.25) is 0 Å². The minimum Gasteiger partial charge on any atom is -0.492 e. The normalized spacial score (nSPS) is 11.7. The molecule has 0 bridgehead atoms. The van der Waals surface area contributed by atoms with Crippen LogP contribution in [0, 0.1) is 10.1 Å². The third-order valence-electron chi connectivity index (χ3n) is 3.47. The van der Waals surface area contributed by atoms with Gasteiger partial charge in [0.1, 0.15) is 12.4 Å². The molecule has 0 amide bonds. The number of nitro benzene ring substituents is 1. The van der Waals surface area contributed by atoms with Crippen LogP contribution in [0.5, 0.6) is 5.75 Å². The van der Waals surface area contributed by atoms with Crippen molar-refractivity contribution in [3.05, 3.63) is 70.3 Å². The summed E-state index contributed by atoms with van der Waals surface area (Å²) in [7, 11) is 0. The maximum Gasteiger partial charge on any atom is 0.270 e. The number of hydrogen-bond acceptors (Lipinski definition) is 5. The number of Topliss-reactive ketones (excluding diaryl/α,β-unsaturated/α-hetero) is 1. The minimum atomic E-state index is -0.502. The van der Waals surface area contributed by atoms with E-state index in [1.165, 1.54) is 18.2 Å². The fraction of sp³-hybridized carbons (Fsp3) is 0.278. The van der Waals surface area contributed by atoms with Crippen molar-refractivity contribution in [2.45, 2.75) is 19.4 Å². The lowest BCUT2D eigenvalue weighted by molar-refractivity contribution is -0.384. The highest BCUT2D eigenvalue weighted by Crippen LogP contribution is 2.14.